The summed E-state index contributed by atoms with van der Waals surface area (Å²) in [5.41, 5.74) is 0.677. The van der Waals surface area contributed by atoms with Gasteiger partial charge in [-0.2, -0.15) is 0 Å². The molecule has 4 aliphatic heterocycles. The number of nitrogens with one attached hydrogen (secondary N) is 1. The number of fused-ring (bicyclic) bond motifs is 2. The molecule has 4 heterocycles. The van der Waals surface area contributed by atoms with Gasteiger partial charge < -0.3 is 19.7 Å². The summed E-state index contributed by atoms with van der Waals surface area (Å²) in [5, 5.41) is 2.97. The number of rotatable bonds is 2. The van der Waals surface area contributed by atoms with Crippen molar-refractivity contribution in [1.29, 1.82) is 0 Å². The van der Waals surface area contributed by atoms with E-state index in [2.05, 4.69) is 5.32 Å². The average Bonchev–Trinajstić information content (AvgIpc) is 3.14. The number of hydrogen-bond acceptors (Lipinski definition) is 4. The summed E-state index contributed by atoms with van der Waals surface area (Å²) < 4.78 is 10.9. The van der Waals surface area contributed by atoms with Gasteiger partial charge in [-0.15, -0.1) is 0 Å². The molecule has 4 fully saturated rings. The van der Waals surface area contributed by atoms with Crippen molar-refractivity contribution in [3.05, 3.63) is 29.3 Å². The van der Waals surface area contributed by atoms with E-state index in [0.29, 0.717) is 26.0 Å². The summed E-state index contributed by atoms with van der Waals surface area (Å²) in [6.45, 7) is 1.05. The van der Waals surface area contributed by atoms with Crippen LogP contribution in [0, 0.1) is 5.92 Å². The third-order valence-electron chi connectivity index (χ3n) is 5.68. The van der Waals surface area contributed by atoms with Crippen LogP contribution < -0.4 is 10.1 Å². The number of methoxy groups -OCH3 is 1. The Morgan fingerprint density at radius 2 is 2.14 bits per heavy atom. The Hall–Kier alpha value is -2.08. The first-order valence-electron chi connectivity index (χ1n) is 7.53. The zero-order chi connectivity index (χ0) is 15.1. The van der Waals surface area contributed by atoms with Gasteiger partial charge in [-0.3, -0.25) is 9.59 Å². The molecule has 2 amide bonds. The fourth-order valence-corrected chi connectivity index (χ4v) is 4.31. The molecule has 1 unspecified atom stereocenters. The van der Waals surface area contributed by atoms with Gasteiger partial charge in [0.2, 0.25) is 5.91 Å². The van der Waals surface area contributed by atoms with Crippen molar-refractivity contribution in [2.45, 2.75) is 30.7 Å². The lowest BCUT2D eigenvalue weighted by Gasteiger charge is -2.59. The van der Waals surface area contributed by atoms with Crippen LogP contribution in [0.1, 0.15) is 28.8 Å². The zero-order valence-electron chi connectivity index (χ0n) is 12.2. The van der Waals surface area contributed by atoms with Gasteiger partial charge in [0.25, 0.3) is 5.91 Å². The maximum Gasteiger partial charge on any atom is 0.255 e. The van der Waals surface area contributed by atoms with Crippen LogP contribution in [0.3, 0.4) is 0 Å². The van der Waals surface area contributed by atoms with Gasteiger partial charge in [0, 0.05) is 18.0 Å². The van der Waals surface area contributed by atoms with Crippen molar-refractivity contribution in [2.24, 2.45) is 5.92 Å². The largest absolute Gasteiger partial charge is 0.497 e. The Kier molecular flexibility index (Phi) is 2.06. The molecule has 114 valence electrons. The topological polar surface area (TPSA) is 71.2 Å². The van der Waals surface area contributed by atoms with Gasteiger partial charge >= 0.3 is 0 Å². The molecule has 1 N–H and O–H groups in total. The third kappa shape index (κ3) is 1.26. The fraction of sp³-hybridized carbons (Fsp3) is 0.500. The van der Waals surface area contributed by atoms with E-state index in [1.54, 1.807) is 7.11 Å². The van der Waals surface area contributed by atoms with Crippen LogP contribution in [0.5, 0.6) is 5.75 Å². The minimum Gasteiger partial charge on any atom is -0.497 e. The Balaban J connectivity index is 1.53. The molecule has 1 aliphatic carbocycles. The minimum absolute atomic E-state index is 0.0147. The average molecular weight is 300 g/mol. The maximum absolute atomic E-state index is 12.8. The van der Waals surface area contributed by atoms with E-state index < -0.39 is 5.72 Å². The molecule has 3 saturated heterocycles. The molecule has 1 aromatic rings. The fourth-order valence-electron chi connectivity index (χ4n) is 4.31. The highest BCUT2D eigenvalue weighted by Crippen LogP contribution is 2.59. The third-order valence-corrected chi connectivity index (χ3v) is 5.68. The molecule has 22 heavy (non-hydrogen) atoms. The number of amides is 2. The van der Waals surface area contributed by atoms with E-state index in [-0.39, 0.29) is 23.3 Å². The summed E-state index contributed by atoms with van der Waals surface area (Å²) in [7, 11) is 1.62. The standard InChI is InChI=1S/C16H16N2O4/c1-21-11-2-3-12-9(4-11)7-18(14(12)20)15-5-10(6-15)13(19)17-16(15)8-22-16/h2-4,10H,5-8H2,1H3,(H,17,19). The molecular formula is C16H16N2O4. The van der Waals surface area contributed by atoms with Crippen LogP contribution in [-0.2, 0) is 16.1 Å². The van der Waals surface area contributed by atoms with Crippen molar-refractivity contribution < 1.29 is 19.1 Å². The second kappa shape index (κ2) is 3.63. The minimum atomic E-state index is -0.652. The van der Waals surface area contributed by atoms with Crippen LogP contribution in [-0.4, -0.2) is 41.7 Å². The molecule has 6 nitrogen and oxygen atoms in total. The van der Waals surface area contributed by atoms with Crippen molar-refractivity contribution in [2.75, 3.05) is 13.7 Å². The summed E-state index contributed by atoms with van der Waals surface area (Å²) in [5.74, 6) is 0.861. The molecule has 5 aliphatic rings. The summed E-state index contributed by atoms with van der Waals surface area (Å²) in [6, 6.07) is 5.56. The molecule has 0 aromatic heterocycles. The SMILES string of the molecule is COc1ccc2c(c1)CN(C13CC(C1)C(=O)NC31CO1)C2=O. The quantitative estimate of drug-likeness (QED) is 0.814. The number of ether oxygens (including phenoxy) is 2. The number of epoxide rings is 1. The summed E-state index contributed by atoms with van der Waals surface area (Å²) in [4.78, 5) is 26.7. The summed E-state index contributed by atoms with van der Waals surface area (Å²) >= 11 is 0. The molecule has 1 atom stereocenters. The Morgan fingerprint density at radius 3 is 2.82 bits per heavy atom. The lowest BCUT2D eigenvalue weighted by molar-refractivity contribution is -0.160. The van der Waals surface area contributed by atoms with Crippen LogP contribution >= 0.6 is 0 Å². The number of carbonyl (C=O) groups excluding carboxylic acids is 2. The number of nitrogens with zero attached hydrogens (tertiary/aromatic N) is 1. The molecule has 0 radical (unpaired) electrons. The van der Waals surface area contributed by atoms with Crippen molar-refractivity contribution in [3.8, 4) is 5.75 Å². The van der Waals surface area contributed by atoms with Crippen LogP contribution in [0.15, 0.2) is 18.2 Å². The van der Waals surface area contributed by atoms with E-state index in [9.17, 15) is 9.59 Å². The van der Waals surface area contributed by atoms with Crippen molar-refractivity contribution in [1.82, 2.24) is 10.2 Å². The van der Waals surface area contributed by atoms with Gasteiger partial charge in [0.1, 0.15) is 12.4 Å². The number of piperidine rings is 2. The zero-order valence-corrected chi connectivity index (χ0v) is 12.2. The molecular weight excluding hydrogens is 284 g/mol. The predicted molar refractivity (Wildman–Crippen MR) is 75.1 cm³/mol. The first-order valence-corrected chi connectivity index (χ1v) is 7.53. The molecule has 6 rings (SSSR count). The number of benzene rings is 1. The van der Waals surface area contributed by atoms with Crippen LogP contribution in [0.4, 0.5) is 0 Å². The highest BCUT2D eigenvalue weighted by molar-refractivity contribution is 6.00. The normalized spacial score (nSPS) is 37.7. The van der Waals surface area contributed by atoms with Crippen LogP contribution in [0.25, 0.3) is 0 Å². The smallest absolute Gasteiger partial charge is 0.255 e. The van der Waals surface area contributed by atoms with Gasteiger partial charge in [0.05, 0.1) is 12.6 Å². The van der Waals surface area contributed by atoms with Gasteiger partial charge in [-0.25, -0.2) is 0 Å². The number of hydrogen-bond donors (Lipinski definition) is 1. The second-order valence-corrected chi connectivity index (χ2v) is 6.66. The predicted octanol–water partition coefficient (Wildman–Crippen LogP) is 0.656. The van der Waals surface area contributed by atoms with Crippen molar-refractivity contribution in [3.63, 3.8) is 0 Å². The second-order valence-electron chi connectivity index (χ2n) is 6.66. The molecule has 6 heteroatoms. The Morgan fingerprint density at radius 1 is 1.36 bits per heavy atom. The van der Waals surface area contributed by atoms with Gasteiger partial charge in [-0.1, -0.05) is 0 Å². The monoisotopic (exact) mass is 300 g/mol. The highest BCUT2D eigenvalue weighted by Gasteiger charge is 2.75. The lowest BCUT2D eigenvalue weighted by Crippen LogP contribution is -2.77. The van der Waals surface area contributed by atoms with E-state index in [1.165, 1.54) is 0 Å². The first-order chi connectivity index (χ1) is 10.6. The molecule has 1 saturated carbocycles. The van der Waals surface area contributed by atoms with E-state index in [0.717, 1.165) is 16.9 Å². The van der Waals surface area contributed by atoms with E-state index in [4.69, 9.17) is 9.47 Å². The molecule has 2 bridgehead atoms. The van der Waals surface area contributed by atoms with Crippen molar-refractivity contribution >= 4 is 11.8 Å². The lowest BCUT2D eigenvalue weighted by atomic mass is 9.59. The molecule has 1 spiro atoms. The number of carbonyl (C=O) groups is 2. The van der Waals surface area contributed by atoms with E-state index in [1.807, 2.05) is 23.1 Å². The Labute approximate surface area is 127 Å². The first kappa shape index (κ1) is 12.5. The Bertz CT molecular complexity index is 719. The highest BCUT2D eigenvalue weighted by atomic mass is 16.6. The van der Waals surface area contributed by atoms with Crippen LogP contribution in [0.2, 0.25) is 0 Å². The summed E-state index contributed by atoms with van der Waals surface area (Å²) in [6.07, 6.45) is 1.41. The molecule has 1 aromatic carbocycles. The van der Waals surface area contributed by atoms with E-state index >= 15 is 0 Å². The van der Waals surface area contributed by atoms with Gasteiger partial charge in [0.15, 0.2) is 5.72 Å². The van der Waals surface area contributed by atoms with Gasteiger partial charge in [-0.05, 0) is 36.6 Å². The maximum atomic E-state index is 12.8.